The van der Waals surface area contributed by atoms with E-state index in [-0.39, 0.29) is 17.3 Å². The molecule has 0 amide bonds. The summed E-state index contributed by atoms with van der Waals surface area (Å²) in [7, 11) is 0. The van der Waals surface area contributed by atoms with E-state index >= 15 is 0 Å². The molecule has 0 spiro atoms. The number of carbonyl (C=O) groups excluding carboxylic acids is 1. The van der Waals surface area contributed by atoms with Crippen LogP contribution in [-0.4, -0.2) is 35.7 Å². The Hall–Kier alpha value is -3.87. The molecular formula is C22H21N3O4. The van der Waals surface area contributed by atoms with Crippen molar-refractivity contribution in [2.24, 2.45) is 0 Å². The highest BCUT2D eigenvalue weighted by Crippen LogP contribution is 2.30. The first-order chi connectivity index (χ1) is 13.9. The number of fused-ring (bicyclic) bond motifs is 1. The fourth-order valence-corrected chi connectivity index (χ4v) is 2.66. The Morgan fingerprint density at radius 3 is 2.31 bits per heavy atom. The summed E-state index contributed by atoms with van der Waals surface area (Å²) in [5.74, 6) is -0.128. The third-order valence-electron chi connectivity index (χ3n) is 4.27. The van der Waals surface area contributed by atoms with Gasteiger partial charge in [0, 0.05) is 24.2 Å². The second kappa shape index (κ2) is 8.43. The Balaban J connectivity index is 0.000000252. The van der Waals surface area contributed by atoms with E-state index in [1.54, 1.807) is 48.0 Å². The summed E-state index contributed by atoms with van der Waals surface area (Å²) in [4.78, 5) is 15.9. The van der Waals surface area contributed by atoms with Crippen molar-refractivity contribution >= 4 is 11.4 Å². The largest absolute Gasteiger partial charge is 0.508 e. The number of hydrogen-bond acceptors (Lipinski definition) is 6. The topological polar surface area (TPSA) is 108 Å². The number of aromatic hydroxyl groups is 3. The van der Waals surface area contributed by atoms with Crippen LogP contribution in [0, 0.1) is 6.92 Å². The lowest BCUT2D eigenvalue weighted by Crippen LogP contribution is -2.00. The molecule has 4 aromatic rings. The van der Waals surface area contributed by atoms with E-state index in [1.165, 1.54) is 17.7 Å². The first kappa shape index (κ1) is 19.9. The van der Waals surface area contributed by atoms with Crippen LogP contribution >= 0.6 is 0 Å². The van der Waals surface area contributed by atoms with Gasteiger partial charge in [-0.3, -0.25) is 4.79 Å². The summed E-state index contributed by atoms with van der Waals surface area (Å²) in [5, 5.41) is 32.0. The van der Waals surface area contributed by atoms with Gasteiger partial charge in [-0.15, -0.1) is 0 Å². The van der Waals surface area contributed by atoms with Gasteiger partial charge in [-0.2, -0.15) is 5.10 Å². The zero-order valence-corrected chi connectivity index (χ0v) is 16.1. The molecule has 0 aliphatic carbocycles. The van der Waals surface area contributed by atoms with Gasteiger partial charge >= 0.3 is 0 Å². The third-order valence-corrected chi connectivity index (χ3v) is 4.27. The lowest BCUT2D eigenvalue weighted by Gasteiger charge is -2.05. The van der Waals surface area contributed by atoms with Crippen LogP contribution in [-0.2, 0) is 0 Å². The van der Waals surface area contributed by atoms with Crippen LogP contribution in [0.25, 0.3) is 16.9 Å². The quantitative estimate of drug-likeness (QED) is 0.358. The molecule has 2 aromatic heterocycles. The second-order valence-electron chi connectivity index (χ2n) is 6.45. The Morgan fingerprint density at radius 1 is 0.966 bits per heavy atom. The molecule has 0 fully saturated rings. The number of ketones is 1. The average molecular weight is 391 g/mol. The normalized spacial score (nSPS) is 10.4. The molecule has 0 aliphatic heterocycles. The molecule has 0 saturated heterocycles. The monoisotopic (exact) mass is 391 g/mol. The van der Waals surface area contributed by atoms with Gasteiger partial charge in [0.25, 0.3) is 0 Å². The Kier molecular flexibility index (Phi) is 5.78. The lowest BCUT2D eigenvalue weighted by atomic mass is 10.1. The van der Waals surface area contributed by atoms with Gasteiger partial charge < -0.3 is 15.3 Å². The van der Waals surface area contributed by atoms with Crippen molar-refractivity contribution in [3.05, 3.63) is 72.1 Å². The molecule has 148 valence electrons. The number of carbonyl (C=O) groups is 1. The van der Waals surface area contributed by atoms with Crippen molar-refractivity contribution < 1.29 is 20.1 Å². The number of aromatic nitrogens is 3. The van der Waals surface area contributed by atoms with E-state index in [1.807, 2.05) is 19.1 Å². The van der Waals surface area contributed by atoms with Crippen LogP contribution in [0.5, 0.6) is 17.2 Å². The lowest BCUT2D eigenvalue weighted by molar-refractivity contribution is 0.0983. The second-order valence-corrected chi connectivity index (χ2v) is 6.45. The Bertz CT molecular complexity index is 1130. The number of benzene rings is 2. The predicted molar refractivity (Wildman–Crippen MR) is 109 cm³/mol. The molecule has 7 heteroatoms. The Morgan fingerprint density at radius 2 is 1.69 bits per heavy atom. The van der Waals surface area contributed by atoms with Gasteiger partial charge in [0.2, 0.25) is 0 Å². The molecule has 2 heterocycles. The molecule has 3 N–H and O–H groups in total. The van der Waals surface area contributed by atoms with Gasteiger partial charge in [-0.25, -0.2) is 9.50 Å². The van der Waals surface area contributed by atoms with Crippen molar-refractivity contribution in [2.75, 3.05) is 0 Å². The maximum atomic E-state index is 11.8. The van der Waals surface area contributed by atoms with Gasteiger partial charge in [0.1, 0.15) is 11.4 Å². The van der Waals surface area contributed by atoms with E-state index in [9.17, 15) is 15.0 Å². The molecule has 0 radical (unpaired) electrons. The minimum Gasteiger partial charge on any atom is -0.508 e. The number of Topliss-reactive ketones (excluding diaryl/α,β-unsaturated/α-hetero) is 1. The van der Waals surface area contributed by atoms with Crippen molar-refractivity contribution in [1.82, 2.24) is 14.6 Å². The SMILES string of the molecule is CCC(=O)c1cc2nccc(-c3ccc(O)c(O)c3)n2n1.Cc1ccc(O)cc1. The highest BCUT2D eigenvalue weighted by atomic mass is 16.3. The van der Waals surface area contributed by atoms with Crippen LogP contribution in [0.1, 0.15) is 29.4 Å². The molecule has 0 atom stereocenters. The molecule has 0 saturated carbocycles. The highest BCUT2D eigenvalue weighted by Gasteiger charge is 2.13. The first-order valence-electron chi connectivity index (χ1n) is 9.05. The van der Waals surface area contributed by atoms with Gasteiger partial charge in [0.15, 0.2) is 22.9 Å². The number of nitrogens with zero attached hydrogens (tertiary/aromatic N) is 3. The summed E-state index contributed by atoms with van der Waals surface area (Å²) >= 11 is 0. The molecule has 29 heavy (non-hydrogen) atoms. The van der Waals surface area contributed by atoms with Crippen molar-refractivity contribution in [2.45, 2.75) is 20.3 Å². The number of rotatable bonds is 3. The van der Waals surface area contributed by atoms with Crippen LogP contribution < -0.4 is 0 Å². The van der Waals surface area contributed by atoms with Gasteiger partial charge in [-0.05, 0) is 43.3 Å². The van der Waals surface area contributed by atoms with Crippen molar-refractivity contribution in [3.63, 3.8) is 0 Å². The number of hydrogen-bond donors (Lipinski definition) is 3. The maximum Gasteiger partial charge on any atom is 0.182 e. The Labute approximate surface area is 167 Å². The smallest absolute Gasteiger partial charge is 0.182 e. The molecule has 7 nitrogen and oxygen atoms in total. The summed E-state index contributed by atoms with van der Waals surface area (Å²) in [5.41, 5.74) is 3.42. The van der Waals surface area contributed by atoms with Gasteiger partial charge in [0.05, 0.1) is 5.69 Å². The fraction of sp³-hybridized carbons (Fsp3) is 0.136. The standard InChI is InChI=1S/C15H13N3O3.C7H8O/c1-2-12(19)10-8-15-16-6-5-11(18(15)17-10)9-3-4-13(20)14(21)7-9;1-6-2-4-7(8)5-3-6/h3-8,20-21H,2H2,1H3;2-5,8H,1H3. The first-order valence-corrected chi connectivity index (χ1v) is 9.05. The van der Waals surface area contributed by atoms with E-state index in [2.05, 4.69) is 10.1 Å². The van der Waals surface area contributed by atoms with Crippen molar-refractivity contribution in [3.8, 4) is 28.5 Å². The summed E-state index contributed by atoms with van der Waals surface area (Å²) in [6, 6.07) is 15.0. The summed E-state index contributed by atoms with van der Waals surface area (Å²) < 4.78 is 1.55. The average Bonchev–Trinajstić information content (AvgIpc) is 3.16. The van der Waals surface area contributed by atoms with Crippen LogP contribution in [0.3, 0.4) is 0 Å². The number of aryl methyl sites for hydroxylation is 1. The number of phenolic OH excluding ortho intramolecular Hbond substituents is 3. The van der Waals surface area contributed by atoms with Crippen LogP contribution in [0.2, 0.25) is 0 Å². The van der Waals surface area contributed by atoms with E-state index in [4.69, 9.17) is 5.11 Å². The maximum absolute atomic E-state index is 11.8. The third kappa shape index (κ3) is 4.52. The molecule has 2 aromatic carbocycles. The molecule has 0 unspecified atom stereocenters. The van der Waals surface area contributed by atoms with Gasteiger partial charge in [-0.1, -0.05) is 24.6 Å². The molecular weight excluding hydrogens is 370 g/mol. The zero-order chi connectivity index (χ0) is 21.0. The number of phenols is 3. The van der Waals surface area contributed by atoms with Crippen molar-refractivity contribution in [1.29, 1.82) is 0 Å². The van der Waals surface area contributed by atoms with E-state index in [0.29, 0.717) is 34.8 Å². The van der Waals surface area contributed by atoms with E-state index < -0.39 is 0 Å². The predicted octanol–water partition coefficient (Wildman–Crippen LogP) is 4.10. The van der Waals surface area contributed by atoms with E-state index in [0.717, 1.165) is 0 Å². The van der Waals surface area contributed by atoms with Crippen LogP contribution in [0.4, 0.5) is 0 Å². The fourth-order valence-electron chi connectivity index (χ4n) is 2.66. The molecule has 0 aliphatic rings. The molecule has 4 rings (SSSR count). The highest BCUT2D eigenvalue weighted by molar-refractivity contribution is 5.95. The minimum absolute atomic E-state index is 0.0556. The van der Waals surface area contributed by atoms with Crippen LogP contribution in [0.15, 0.2) is 60.8 Å². The minimum atomic E-state index is -0.213. The summed E-state index contributed by atoms with van der Waals surface area (Å²) in [6.45, 7) is 3.76. The zero-order valence-electron chi connectivity index (χ0n) is 16.1. The summed E-state index contributed by atoms with van der Waals surface area (Å²) in [6.07, 6.45) is 1.98. The molecule has 0 bridgehead atoms.